The van der Waals surface area contributed by atoms with Crippen LogP contribution in [0.5, 0.6) is 0 Å². The van der Waals surface area contributed by atoms with E-state index in [0.717, 1.165) is 5.56 Å². The highest BCUT2D eigenvalue weighted by atomic mass is 16.4. The molecule has 10 N–H and O–H groups in total. The highest BCUT2D eigenvalue weighted by Gasteiger charge is 2.31. The van der Waals surface area contributed by atoms with Crippen LogP contribution in [0.2, 0.25) is 0 Å². The normalized spacial score (nSPS) is 14.2. The summed E-state index contributed by atoms with van der Waals surface area (Å²) in [5, 5.41) is 17.4. The predicted octanol–water partition coefficient (Wildman–Crippen LogP) is -0.149. The zero-order valence-corrected chi connectivity index (χ0v) is 22.6. The van der Waals surface area contributed by atoms with Gasteiger partial charge in [-0.3, -0.25) is 19.4 Å². The molecular weight excluding hydrogens is 490 g/mol. The van der Waals surface area contributed by atoms with Crippen LogP contribution in [0.1, 0.15) is 52.5 Å². The van der Waals surface area contributed by atoms with Gasteiger partial charge in [-0.25, -0.2) is 4.79 Å². The molecule has 1 aromatic rings. The molecule has 0 aromatic heterocycles. The molecule has 3 amide bonds. The van der Waals surface area contributed by atoms with E-state index < -0.39 is 47.9 Å². The van der Waals surface area contributed by atoms with Crippen LogP contribution in [0.3, 0.4) is 0 Å². The molecule has 212 valence electrons. The second-order valence-electron chi connectivity index (χ2n) is 10.1. The fraction of sp³-hybridized carbons (Fsp3) is 0.577. The molecule has 38 heavy (non-hydrogen) atoms. The van der Waals surface area contributed by atoms with Crippen LogP contribution in [0.4, 0.5) is 0 Å². The van der Waals surface area contributed by atoms with E-state index in [1.807, 2.05) is 44.2 Å². The first kappa shape index (κ1) is 32.4. The average Bonchev–Trinajstić information content (AvgIpc) is 2.83. The molecular formula is C26H43N7O5. The number of hydrogen-bond donors (Lipinski definition) is 7. The molecule has 0 bridgehead atoms. The third-order valence-corrected chi connectivity index (χ3v) is 5.78. The number of nitrogens with one attached hydrogen (secondary N) is 3. The first-order chi connectivity index (χ1) is 17.8. The van der Waals surface area contributed by atoms with E-state index in [4.69, 9.17) is 17.2 Å². The number of benzene rings is 1. The Balaban J connectivity index is 2.98. The Morgan fingerprint density at radius 1 is 0.895 bits per heavy atom. The number of guanidine groups is 1. The van der Waals surface area contributed by atoms with Crippen molar-refractivity contribution < 1.29 is 24.3 Å². The van der Waals surface area contributed by atoms with Gasteiger partial charge in [0.25, 0.3) is 0 Å². The molecule has 0 radical (unpaired) electrons. The number of nitrogens with zero attached hydrogens (tertiary/aromatic N) is 1. The zero-order chi connectivity index (χ0) is 28.8. The zero-order valence-electron chi connectivity index (χ0n) is 22.6. The molecule has 1 aromatic carbocycles. The monoisotopic (exact) mass is 533 g/mol. The van der Waals surface area contributed by atoms with Crippen LogP contribution in [-0.4, -0.2) is 65.5 Å². The SMILES string of the molecule is CC(C)CC(NC(=O)C(CCCN=C(N)N)NC(=O)C(NC(=O)C(N)Cc1ccccc1)C(C)C)C(=O)O. The van der Waals surface area contributed by atoms with E-state index in [1.165, 1.54) is 0 Å². The Hall–Kier alpha value is -3.67. The highest BCUT2D eigenvalue weighted by molar-refractivity contribution is 5.94. The summed E-state index contributed by atoms with van der Waals surface area (Å²) in [4.78, 5) is 54.6. The number of hydrogen-bond acceptors (Lipinski definition) is 6. The number of carboxylic acid groups (broad SMARTS) is 1. The topological polar surface area (TPSA) is 215 Å². The molecule has 4 unspecified atom stereocenters. The van der Waals surface area contributed by atoms with Crippen molar-refractivity contribution >= 4 is 29.7 Å². The average molecular weight is 534 g/mol. The molecule has 0 saturated heterocycles. The number of rotatable bonds is 16. The Labute approximate surface area is 224 Å². The van der Waals surface area contributed by atoms with Crippen molar-refractivity contribution in [2.24, 2.45) is 34.0 Å². The third kappa shape index (κ3) is 12.0. The number of aliphatic imine (C=N–C) groups is 1. The van der Waals surface area contributed by atoms with E-state index in [-0.39, 0.29) is 37.2 Å². The first-order valence-corrected chi connectivity index (χ1v) is 12.8. The van der Waals surface area contributed by atoms with Gasteiger partial charge in [0.15, 0.2) is 5.96 Å². The van der Waals surface area contributed by atoms with E-state index >= 15 is 0 Å². The van der Waals surface area contributed by atoms with Gasteiger partial charge in [0.2, 0.25) is 17.7 Å². The molecule has 0 heterocycles. The smallest absolute Gasteiger partial charge is 0.326 e. The summed E-state index contributed by atoms with van der Waals surface area (Å²) in [6, 6.07) is 5.24. The number of aliphatic carboxylic acids is 1. The van der Waals surface area contributed by atoms with Crippen LogP contribution in [0.15, 0.2) is 35.3 Å². The minimum Gasteiger partial charge on any atom is -0.480 e. The van der Waals surface area contributed by atoms with Gasteiger partial charge in [-0.05, 0) is 43.1 Å². The lowest BCUT2D eigenvalue weighted by atomic mass is 10.00. The van der Waals surface area contributed by atoms with Gasteiger partial charge in [0.1, 0.15) is 18.1 Å². The van der Waals surface area contributed by atoms with Crippen LogP contribution in [-0.2, 0) is 25.6 Å². The lowest BCUT2D eigenvalue weighted by Crippen LogP contribution is -2.58. The molecule has 12 heteroatoms. The van der Waals surface area contributed by atoms with Gasteiger partial charge < -0.3 is 38.3 Å². The molecule has 1 rings (SSSR count). The van der Waals surface area contributed by atoms with Crippen molar-refractivity contribution in [2.75, 3.05) is 6.54 Å². The number of carbonyl (C=O) groups is 4. The standard InChI is InChI=1S/C26H43N7O5/c1-15(2)13-20(25(37)38)32-23(35)19(11-8-12-30-26(28)29)31-24(36)21(16(3)4)33-22(34)18(27)14-17-9-6-5-7-10-17/h5-7,9-10,15-16,18-21H,8,11-14,27H2,1-4H3,(H,31,36)(H,32,35)(H,33,34)(H,37,38)(H4,28,29,30). The molecule has 0 aliphatic rings. The Bertz CT molecular complexity index is 949. The van der Waals surface area contributed by atoms with Gasteiger partial charge in [0.05, 0.1) is 6.04 Å². The van der Waals surface area contributed by atoms with Crippen molar-refractivity contribution in [3.05, 3.63) is 35.9 Å². The fourth-order valence-electron chi connectivity index (χ4n) is 3.76. The lowest BCUT2D eigenvalue weighted by Gasteiger charge is -2.27. The molecule has 0 spiro atoms. The summed E-state index contributed by atoms with van der Waals surface area (Å²) >= 11 is 0. The maximum atomic E-state index is 13.2. The minimum absolute atomic E-state index is 0.0203. The number of carbonyl (C=O) groups excluding carboxylic acids is 3. The van der Waals surface area contributed by atoms with Gasteiger partial charge >= 0.3 is 5.97 Å². The largest absolute Gasteiger partial charge is 0.480 e. The molecule has 0 aliphatic heterocycles. The lowest BCUT2D eigenvalue weighted by molar-refractivity contribution is -0.143. The summed E-state index contributed by atoms with van der Waals surface area (Å²) in [6.45, 7) is 7.41. The maximum absolute atomic E-state index is 13.2. The quantitative estimate of drug-likeness (QED) is 0.0859. The number of amides is 3. The molecule has 4 atom stereocenters. The second-order valence-corrected chi connectivity index (χ2v) is 10.1. The van der Waals surface area contributed by atoms with E-state index in [9.17, 15) is 24.3 Å². The summed E-state index contributed by atoms with van der Waals surface area (Å²) in [7, 11) is 0. The Morgan fingerprint density at radius 3 is 2.03 bits per heavy atom. The predicted molar refractivity (Wildman–Crippen MR) is 146 cm³/mol. The maximum Gasteiger partial charge on any atom is 0.326 e. The highest BCUT2D eigenvalue weighted by Crippen LogP contribution is 2.09. The third-order valence-electron chi connectivity index (χ3n) is 5.78. The second kappa shape index (κ2) is 16.2. The number of nitrogens with two attached hydrogens (primary N) is 3. The summed E-state index contributed by atoms with van der Waals surface area (Å²) in [5.41, 5.74) is 17.7. The van der Waals surface area contributed by atoms with Crippen LogP contribution in [0, 0.1) is 11.8 Å². The van der Waals surface area contributed by atoms with Crippen LogP contribution in [0.25, 0.3) is 0 Å². The Kier molecular flexibility index (Phi) is 13.8. The van der Waals surface area contributed by atoms with Crippen molar-refractivity contribution in [1.29, 1.82) is 0 Å². The van der Waals surface area contributed by atoms with Gasteiger partial charge in [-0.15, -0.1) is 0 Å². The van der Waals surface area contributed by atoms with Gasteiger partial charge in [-0.1, -0.05) is 58.0 Å². The van der Waals surface area contributed by atoms with Crippen molar-refractivity contribution in [3.8, 4) is 0 Å². The van der Waals surface area contributed by atoms with Gasteiger partial charge in [0, 0.05) is 6.54 Å². The molecule has 0 fully saturated rings. The fourth-order valence-corrected chi connectivity index (χ4v) is 3.76. The Morgan fingerprint density at radius 2 is 1.50 bits per heavy atom. The van der Waals surface area contributed by atoms with Gasteiger partial charge in [-0.2, -0.15) is 0 Å². The molecule has 0 aliphatic carbocycles. The van der Waals surface area contributed by atoms with Crippen molar-refractivity contribution in [3.63, 3.8) is 0 Å². The summed E-state index contributed by atoms with van der Waals surface area (Å²) < 4.78 is 0. The first-order valence-electron chi connectivity index (χ1n) is 12.8. The van der Waals surface area contributed by atoms with Crippen LogP contribution >= 0.6 is 0 Å². The van der Waals surface area contributed by atoms with Crippen molar-refractivity contribution in [1.82, 2.24) is 16.0 Å². The summed E-state index contributed by atoms with van der Waals surface area (Å²) in [5.74, 6) is -3.31. The minimum atomic E-state index is -1.17. The van der Waals surface area contributed by atoms with E-state index in [2.05, 4.69) is 20.9 Å². The summed E-state index contributed by atoms with van der Waals surface area (Å²) in [6.07, 6.45) is 1.01. The molecule has 12 nitrogen and oxygen atoms in total. The number of carboxylic acids is 1. The van der Waals surface area contributed by atoms with E-state index in [0.29, 0.717) is 12.8 Å². The van der Waals surface area contributed by atoms with Crippen molar-refractivity contribution in [2.45, 2.75) is 77.5 Å². The van der Waals surface area contributed by atoms with E-state index in [1.54, 1.807) is 13.8 Å². The molecule has 0 saturated carbocycles. The van der Waals surface area contributed by atoms with Crippen LogP contribution < -0.4 is 33.2 Å².